The van der Waals surface area contributed by atoms with Gasteiger partial charge in [-0.3, -0.25) is 0 Å². The molecule has 4 nitrogen and oxygen atoms in total. The highest BCUT2D eigenvalue weighted by Crippen LogP contribution is 2.41. The molecule has 0 bridgehead atoms. The average molecular weight is 477 g/mol. The number of benzene rings is 2. The van der Waals surface area contributed by atoms with Gasteiger partial charge in [-0.05, 0) is 30.2 Å². The van der Waals surface area contributed by atoms with Gasteiger partial charge in [-0.15, -0.1) is 24.0 Å². The van der Waals surface area contributed by atoms with E-state index < -0.39 is 17.5 Å². The third kappa shape index (κ3) is 4.60. The van der Waals surface area contributed by atoms with Gasteiger partial charge < -0.3 is 15.8 Å². The summed E-state index contributed by atoms with van der Waals surface area (Å²) in [6.45, 7) is 0.347. The SMILES string of the molecule is COc1ccccc1CN=C(N)N[C@@H]1C[C@H]1c1cc(F)c(F)c(F)c1.I. The second-order valence-corrected chi connectivity index (χ2v) is 5.90. The molecule has 0 saturated heterocycles. The lowest BCUT2D eigenvalue weighted by Crippen LogP contribution is -2.34. The van der Waals surface area contributed by atoms with Gasteiger partial charge in [-0.1, -0.05) is 18.2 Å². The number of para-hydroxylation sites is 1. The largest absolute Gasteiger partial charge is 0.496 e. The van der Waals surface area contributed by atoms with Gasteiger partial charge in [0.2, 0.25) is 0 Å². The van der Waals surface area contributed by atoms with Crippen molar-refractivity contribution < 1.29 is 17.9 Å². The van der Waals surface area contributed by atoms with Crippen molar-refractivity contribution in [2.45, 2.75) is 24.9 Å². The number of rotatable bonds is 5. The van der Waals surface area contributed by atoms with E-state index in [9.17, 15) is 13.2 Å². The third-order valence-corrected chi connectivity index (χ3v) is 4.17. The number of hydrogen-bond donors (Lipinski definition) is 2. The maximum absolute atomic E-state index is 13.3. The molecule has 0 heterocycles. The van der Waals surface area contributed by atoms with Crippen LogP contribution >= 0.6 is 24.0 Å². The average Bonchev–Trinajstić information content (AvgIpc) is 3.36. The first-order valence-electron chi connectivity index (χ1n) is 7.82. The first kappa shape index (κ1) is 20.3. The summed E-state index contributed by atoms with van der Waals surface area (Å²) in [7, 11) is 1.58. The zero-order chi connectivity index (χ0) is 18.0. The highest BCUT2D eigenvalue weighted by atomic mass is 127. The lowest BCUT2D eigenvalue weighted by Gasteiger charge is -2.08. The highest BCUT2D eigenvalue weighted by Gasteiger charge is 2.39. The molecule has 1 aliphatic carbocycles. The minimum absolute atomic E-state index is 0. The predicted molar refractivity (Wildman–Crippen MR) is 104 cm³/mol. The summed E-state index contributed by atoms with van der Waals surface area (Å²) in [5, 5.41) is 3.01. The van der Waals surface area contributed by atoms with Gasteiger partial charge in [-0.25, -0.2) is 18.2 Å². The minimum Gasteiger partial charge on any atom is -0.496 e. The van der Waals surface area contributed by atoms with Gasteiger partial charge in [0.25, 0.3) is 0 Å². The van der Waals surface area contributed by atoms with E-state index in [1.165, 1.54) is 0 Å². The first-order valence-corrected chi connectivity index (χ1v) is 7.82. The number of halogens is 4. The minimum atomic E-state index is -1.45. The van der Waals surface area contributed by atoms with Gasteiger partial charge in [0.05, 0.1) is 13.7 Å². The molecule has 2 aromatic rings. The Balaban J connectivity index is 0.00000243. The molecule has 8 heteroatoms. The van der Waals surface area contributed by atoms with Crippen LogP contribution in [0.15, 0.2) is 41.4 Å². The predicted octanol–water partition coefficient (Wildman–Crippen LogP) is 3.69. The monoisotopic (exact) mass is 477 g/mol. The van der Waals surface area contributed by atoms with Crippen molar-refractivity contribution in [3.63, 3.8) is 0 Å². The van der Waals surface area contributed by atoms with Crippen LogP contribution in [0.25, 0.3) is 0 Å². The summed E-state index contributed by atoms with van der Waals surface area (Å²) in [5.41, 5.74) is 7.17. The van der Waals surface area contributed by atoms with Crippen LogP contribution in [0.4, 0.5) is 13.2 Å². The summed E-state index contributed by atoms with van der Waals surface area (Å²) in [5.74, 6) is -2.98. The maximum Gasteiger partial charge on any atom is 0.194 e. The number of nitrogens with two attached hydrogens (primary N) is 1. The van der Waals surface area contributed by atoms with Crippen molar-refractivity contribution in [2.75, 3.05) is 7.11 Å². The van der Waals surface area contributed by atoms with Gasteiger partial charge in [0.1, 0.15) is 5.75 Å². The van der Waals surface area contributed by atoms with Crippen LogP contribution < -0.4 is 15.8 Å². The number of guanidine groups is 1. The Bertz CT molecular complexity index is 793. The molecule has 1 aliphatic rings. The van der Waals surface area contributed by atoms with Crippen molar-refractivity contribution in [1.29, 1.82) is 0 Å². The van der Waals surface area contributed by atoms with Crippen LogP contribution in [-0.4, -0.2) is 19.1 Å². The molecule has 0 unspecified atom stereocenters. The molecule has 0 spiro atoms. The van der Waals surface area contributed by atoms with E-state index >= 15 is 0 Å². The number of hydrogen-bond acceptors (Lipinski definition) is 2. The van der Waals surface area contributed by atoms with E-state index in [0.29, 0.717) is 18.5 Å². The van der Waals surface area contributed by atoms with E-state index in [4.69, 9.17) is 10.5 Å². The second kappa shape index (κ2) is 8.61. The smallest absolute Gasteiger partial charge is 0.194 e. The van der Waals surface area contributed by atoms with E-state index in [1.807, 2.05) is 24.3 Å². The zero-order valence-electron chi connectivity index (χ0n) is 14.0. The maximum atomic E-state index is 13.3. The third-order valence-electron chi connectivity index (χ3n) is 4.17. The molecule has 1 fully saturated rings. The lowest BCUT2D eigenvalue weighted by molar-refractivity contribution is 0.410. The van der Waals surface area contributed by atoms with Gasteiger partial charge in [-0.2, -0.15) is 0 Å². The molecular formula is C18H19F3IN3O. The van der Waals surface area contributed by atoms with Crippen LogP contribution in [0.3, 0.4) is 0 Å². The molecule has 0 radical (unpaired) electrons. The summed E-state index contributed by atoms with van der Waals surface area (Å²) in [6.07, 6.45) is 0.648. The van der Waals surface area contributed by atoms with Crippen molar-refractivity contribution in [2.24, 2.45) is 10.7 Å². The molecule has 0 amide bonds. The Morgan fingerprint density at radius 1 is 1.23 bits per heavy atom. The summed E-state index contributed by atoms with van der Waals surface area (Å²) in [6, 6.07) is 9.43. The molecule has 0 aliphatic heterocycles. The molecule has 26 heavy (non-hydrogen) atoms. The topological polar surface area (TPSA) is 59.6 Å². The van der Waals surface area contributed by atoms with Crippen molar-refractivity contribution in [3.8, 4) is 5.75 Å². The number of nitrogens with zero attached hydrogens (tertiary/aromatic N) is 1. The molecule has 3 N–H and O–H groups in total. The zero-order valence-corrected chi connectivity index (χ0v) is 16.3. The van der Waals surface area contributed by atoms with Gasteiger partial charge in [0, 0.05) is 17.5 Å². The molecule has 0 aromatic heterocycles. The Labute approximate surface area is 166 Å². The Morgan fingerprint density at radius 2 is 1.88 bits per heavy atom. The van der Waals surface area contributed by atoms with E-state index in [-0.39, 0.29) is 41.9 Å². The van der Waals surface area contributed by atoms with Crippen LogP contribution in [-0.2, 0) is 6.54 Å². The van der Waals surface area contributed by atoms with E-state index in [1.54, 1.807) is 7.11 Å². The Kier molecular flexibility index (Phi) is 6.74. The number of ether oxygens (including phenoxy) is 1. The molecule has 1 saturated carbocycles. The molecular weight excluding hydrogens is 458 g/mol. The molecule has 140 valence electrons. The van der Waals surface area contributed by atoms with Crippen LogP contribution in [0.2, 0.25) is 0 Å². The van der Waals surface area contributed by atoms with E-state index in [2.05, 4.69) is 10.3 Å². The molecule has 3 rings (SSSR count). The van der Waals surface area contributed by atoms with Crippen LogP contribution in [0.1, 0.15) is 23.5 Å². The second-order valence-electron chi connectivity index (χ2n) is 5.90. The number of nitrogens with one attached hydrogen (secondary N) is 1. The summed E-state index contributed by atoms with van der Waals surface area (Å²) >= 11 is 0. The van der Waals surface area contributed by atoms with Crippen LogP contribution in [0.5, 0.6) is 5.75 Å². The standard InChI is InChI=1S/C18H18F3N3O.HI/c1-25-16-5-3-2-4-10(16)9-23-18(22)24-15-8-12(15)11-6-13(19)17(21)14(20)7-11;/h2-7,12,15H,8-9H2,1H3,(H3,22,23,24);1H/t12-,15+;/m0./s1. The fraction of sp³-hybridized carbons (Fsp3) is 0.278. The van der Waals surface area contributed by atoms with Crippen molar-refractivity contribution in [3.05, 3.63) is 65.0 Å². The summed E-state index contributed by atoms with van der Waals surface area (Å²) < 4.78 is 44.9. The fourth-order valence-electron chi connectivity index (χ4n) is 2.75. The normalized spacial score (nSPS) is 18.8. The quantitative estimate of drug-likeness (QED) is 0.299. The van der Waals surface area contributed by atoms with Crippen molar-refractivity contribution in [1.82, 2.24) is 5.32 Å². The Morgan fingerprint density at radius 3 is 2.54 bits per heavy atom. The molecule has 2 aromatic carbocycles. The van der Waals surface area contributed by atoms with Crippen LogP contribution in [0, 0.1) is 17.5 Å². The highest BCUT2D eigenvalue weighted by molar-refractivity contribution is 14.0. The summed E-state index contributed by atoms with van der Waals surface area (Å²) in [4.78, 5) is 4.26. The van der Waals surface area contributed by atoms with Gasteiger partial charge >= 0.3 is 0 Å². The fourth-order valence-corrected chi connectivity index (χ4v) is 2.75. The lowest BCUT2D eigenvalue weighted by atomic mass is 10.1. The van der Waals surface area contributed by atoms with Crippen molar-refractivity contribution >= 4 is 29.9 Å². The number of methoxy groups -OCH3 is 1. The van der Waals surface area contributed by atoms with E-state index in [0.717, 1.165) is 23.4 Å². The Hall–Kier alpha value is -1.97. The first-order chi connectivity index (χ1) is 12.0. The molecule has 2 atom stereocenters. The number of aliphatic imine (C=N–C) groups is 1. The van der Waals surface area contributed by atoms with Gasteiger partial charge in [0.15, 0.2) is 23.4 Å².